The predicted octanol–water partition coefficient (Wildman–Crippen LogP) is 2.82. The molecule has 100 valence electrons. The monoisotopic (exact) mass is 268 g/mol. The highest BCUT2D eigenvalue weighted by Gasteiger charge is 2.21. The fraction of sp³-hybridized carbons (Fsp3) is 0.500. The SMILES string of the molecule is CCN(Cc1ccccc1Cl)C(=O)CC(C)(C)N. The van der Waals surface area contributed by atoms with Gasteiger partial charge in [-0.2, -0.15) is 0 Å². The summed E-state index contributed by atoms with van der Waals surface area (Å²) in [7, 11) is 0. The average molecular weight is 269 g/mol. The maximum absolute atomic E-state index is 12.1. The van der Waals surface area contributed by atoms with Crippen molar-refractivity contribution in [2.24, 2.45) is 5.73 Å². The van der Waals surface area contributed by atoms with Crippen molar-refractivity contribution in [2.75, 3.05) is 6.54 Å². The number of amides is 1. The van der Waals surface area contributed by atoms with Crippen molar-refractivity contribution in [2.45, 2.75) is 39.3 Å². The molecule has 0 atom stereocenters. The van der Waals surface area contributed by atoms with Crippen LogP contribution < -0.4 is 5.73 Å². The van der Waals surface area contributed by atoms with Crippen LogP contribution in [0.5, 0.6) is 0 Å². The average Bonchev–Trinajstić information content (AvgIpc) is 2.25. The first-order valence-electron chi connectivity index (χ1n) is 6.13. The highest BCUT2D eigenvalue weighted by atomic mass is 35.5. The number of carbonyl (C=O) groups is 1. The summed E-state index contributed by atoms with van der Waals surface area (Å²) < 4.78 is 0. The quantitative estimate of drug-likeness (QED) is 0.893. The topological polar surface area (TPSA) is 46.3 Å². The minimum atomic E-state index is -0.481. The fourth-order valence-electron chi connectivity index (χ4n) is 1.71. The molecule has 0 bridgehead atoms. The van der Waals surface area contributed by atoms with E-state index in [9.17, 15) is 4.79 Å². The molecule has 0 aliphatic rings. The number of rotatable bonds is 5. The molecule has 1 rings (SSSR count). The van der Waals surface area contributed by atoms with Crippen molar-refractivity contribution < 1.29 is 4.79 Å². The summed E-state index contributed by atoms with van der Waals surface area (Å²) in [6.45, 7) is 6.85. The first-order valence-corrected chi connectivity index (χ1v) is 6.51. The van der Waals surface area contributed by atoms with E-state index in [4.69, 9.17) is 17.3 Å². The summed E-state index contributed by atoms with van der Waals surface area (Å²) in [4.78, 5) is 13.9. The summed E-state index contributed by atoms with van der Waals surface area (Å²) >= 11 is 6.10. The molecule has 0 radical (unpaired) electrons. The summed E-state index contributed by atoms with van der Waals surface area (Å²) in [5.41, 5.74) is 6.36. The van der Waals surface area contributed by atoms with Gasteiger partial charge in [-0.1, -0.05) is 29.8 Å². The number of halogens is 1. The molecule has 1 amide bonds. The lowest BCUT2D eigenvalue weighted by Crippen LogP contribution is -2.41. The van der Waals surface area contributed by atoms with E-state index in [1.54, 1.807) is 4.90 Å². The third-order valence-corrected chi connectivity index (χ3v) is 3.03. The molecule has 0 aliphatic heterocycles. The Balaban J connectivity index is 2.74. The second-order valence-corrected chi connectivity index (χ2v) is 5.57. The zero-order valence-corrected chi connectivity index (χ0v) is 12.0. The van der Waals surface area contributed by atoms with Gasteiger partial charge in [-0.15, -0.1) is 0 Å². The maximum Gasteiger partial charge on any atom is 0.224 e. The molecule has 0 aromatic heterocycles. The van der Waals surface area contributed by atoms with Crippen molar-refractivity contribution in [3.05, 3.63) is 34.9 Å². The summed E-state index contributed by atoms with van der Waals surface area (Å²) in [5.74, 6) is 0.0601. The van der Waals surface area contributed by atoms with Gasteiger partial charge in [-0.25, -0.2) is 0 Å². The van der Waals surface area contributed by atoms with Crippen LogP contribution in [0.1, 0.15) is 32.8 Å². The van der Waals surface area contributed by atoms with Gasteiger partial charge in [0.25, 0.3) is 0 Å². The van der Waals surface area contributed by atoms with Gasteiger partial charge in [0.2, 0.25) is 5.91 Å². The second-order valence-electron chi connectivity index (χ2n) is 5.16. The Morgan fingerprint density at radius 1 is 1.39 bits per heavy atom. The van der Waals surface area contributed by atoms with E-state index in [1.165, 1.54) is 0 Å². The van der Waals surface area contributed by atoms with E-state index in [0.29, 0.717) is 24.5 Å². The highest BCUT2D eigenvalue weighted by Crippen LogP contribution is 2.18. The van der Waals surface area contributed by atoms with E-state index in [-0.39, 0.29) is 5.91 Å². The zero-order chi connectivity index (χ0) is 13.8. The van der Waals surface area contributed by atoms with Crippen LogP contribution in [0.4, 0.5) is 0 Å². The van der Waals surface area contributed by atoms with E-state index in [2.05, 4.69) is 0 Å². The van der Waals surface area contributed by atoms with Crippen LogP contribution in [-0.2, 0) is 11.3 Å². The molecule has 0 saturated heterocycles. The maximum atomic E-state index is 12.1. The molecule has 0 spiro atoms. The molecule has 18 heavy (non-hydrogen) atoms. The lowest BCUT2D eigenvalue weighted by molar-refractivity contribution is -0.132. The van der Waals surface area contributed by atoms with Crippen molar-refractivity contribution in [3.63, 3.8) is 0 Å². The Bertz CT molecular complexity index is 413. The van der Waals surface area contributed by atoms with Gasteiger partial charge >= 0.3 is 0 Å². The normalized spacial score (nSPS) is 11.4. The molecule has 0 heterocycles. The first-order chi connectivity index (χ1) is 8.33. The lowest BCUT2D eigenvalue weighted by atomic mass is 10.0. The van der Waals surface area contributed by atoms with Crippen molar-refractivity contribution in [1.82, 2.24) is 4.90 Å². The molecule has 2 N–H and O–H groups in total. The minimum absolute atomic E-state index is 0.0601. The van der Waals surface area contributed by atoms with Crippen molar-refractivity contribution in [3.8, 4) is 0 Å². The number of hydrogen-bond acceptors (Lipinski definition) is 2. The van der Waals surface area contributed by atoms with E-state index in [0.717, 1.165) is 5.56 Å². The number of nitrogens with zero attached hydrogens (tertiary/aromatic N) is 1. The Morgan fingerprint density at radius 2 is 2.00 bits per heavy atom. The Kier molecular flexibility index (Phi) is 5.17. The van der Waals surface area contributed by atoms with Gasteiger partial charge in [0.15, 0.2) is 0 Å². The number of hydrogen-bond donors (Lipinski definition) is 1. The largest absolute Gasteiger partial charge is 0.339 e. The molecular formula is C14H21ClN2O. The molecular weight excluding hydrogens is 248 g/mol. The molecule has 0 aliphatic carbocycles. The molecule has 1 aromatic rings. The van der Waals surface area contributed by atoms with Crippen LogP contribution in [0.3, 0.4) is 0 Å². The van der Waals surface area contributed by atoms with Crippen LogP contribution in [0.15, 0.2) is 24.3 Å². The van der Waals surface area contributed by atoms with Crippen LogP contribution in [0, 0.1) is 0 Å². The van der Waals surface area contributed by atoms with E-state index in [1.807, 2.05) is 45.0 Å². The van der Waals surface area contributed by atoms with Crippen LogP contribution in [-0.4, -0.2) is 22.9 Å². The number of carbonyl (C=O) groups excluding carboxylic acids is 1. The van der Waals surface area contributed by atoms with Gasteiger partial charge in [-0.3, -0.25) is 4.79 Å². The third-order valence-electron chi connectivity index (χ3n) is 2.66. The number of nitrogens with two attached hydrogens (primary N) is 1. The molecule has 0 fully saturated rings. The van der Waals surface area contributed by atoms with Gasteiger partial charge in [-0.05, 0) is 32.4 Å². The van der Waals surface area contributed by atoms with Gasteiger partial charge < -0.3 is 10.6 Å². The first kappa shape index (κ1) is 15.0. The van der Waals surface area contributed by atoms with E-state index >= 15 is 0 Å². The molecule has 3 nitrogen and oxygen atoms in total. The van der Waals surface area contributed by atoms with Gasteiger partial charge in [0, 0.05) is 30.1 Å². The molecule has 0 saturated carbocycles. The fourth-order valence-corrected chi connectivity index (χ4v) is 1.91. The lowest BCUT2D eigenvalue weighted by Gasteiger charge is -2.26. The Morgan fingerprint density at radius 3 is 2.50 bits per heavy atom. The van der Waals surface area contributed by atoms with Gasteiger partial charge in [0.05, 0.1) is 0 Å². The van der Waals surface area contributed by atoms with Crippen molar-refractivity contribution in [1.29, 1.82) is 0 Å². The van der Waals surface area contributed by atoms with Crippen LogP contribution >= 0.6 is 11.6 Å². The highest BCUT2D eigenvalue weighted by molar-refractivity contribution is 6.31. The second kappa shape index (κ2) is 6.21. The Labute approximate surface area is 114 Å². The molecule has 4 heteroatoms. The third kappa shape index (κ3) is 4.67. The number of benzene rings is 1. The molecule has 0 unspecified atom stereocenters. The van der Waals surface area contributed by atoms with Crippen LogP contribution in [0.2, 0.25) is 5.02 Å². The zero-order valence-electron chi connectivity index (χ0n) is 11.2. The molecule has 1 aromatic carbocycles. The summed E-state index contributed by atoms with van der Waals surface area (Å²) in [6.07, 6.45) is 0.339. The summed E-state index contributed by atoms with van der Waals surface area (Å²) in [6, 6.07) is 7.58. The summed E-state index contributed by atoms with van der Waals surface area (Å²) in [5, 5.41) is 0.691. The van der Waals surface area contributed by atoms with Gasteiger partial charge in [0.1, 0.15) is 0 Å². The predicted molar refractivity (Wildman–Crippen MR) is 75.4 cm³/mol. The van der Waals surface area contributed by atoms with E-state index < -0.39 is 5.54 Å². The smallest absolute Gasteiger partial charge is 0.224 e. The standard InChI is InChI=1S/C14H21ClN2O/c1-4-17(13(18)9-14(2,3)16)10-11-7-5-6-8-12(11)15/h5-8H,4,9-10,16H2,1-3H3. The minimum Gasteiger partial charge on any atom is -0.339 e. The van der Waals surface area contributed by atoms with Crippen molar-refractivity contribution >= 4 is 17.5 Å². The Hall–Kier alpha value is -1.06. The van der Waals surface area contributed by atoms with Crippen LogP contribution in [0.25, 0.3) is 0 Å².